The molecule has 25 heavy (non-hydrogen) atoms. The van der Waals surface area contributed by atoms with Gasteiger partial charge < -0.3 is 5.32 Å². The van der Waals surface area contributed by atoms with Gasteiger partial charge in [0.25, 0.3) is 0 Å². The molecule has 0 radical (unpaired) electrons. The van der Waals surface area contributed by atoms with E-state index >= 15 is 0 Å². The van der Waals surface area contributed by atoms with Gasteiger partial charge in [0.2, 0.25) is 5.65 Å². The van der Waals surface area contributed by atoms with Gasteiger partial charge in [0.1, 0.15) is 5.82 Å². The maximum absolute atomic E-state index is 13.5. The smallest absolute Gasteiger partial charge is 0.203 e. The largest absolute Gasteiger partial charge is 0.365 e. The molecule has 2 aromatic heterocycles. The lowest BCUT2D eigenvalue weighted by Crippen LogP contribution is -2.34. The number of benzene rings is 1. The van der Waals surface area contributed by atoms with E-state index < -0.39 is 0 Å². The number of aromatic nitrogens is 4. The van der Waals surface area contributed by atoms with Gasteiger partial charge in [-0.3, -0.25) is 9.30 Å². The summed E-state index contributed by atoms with van der Waals surface area (Å²) in [6.45, 7) is 5.26. The van der Waals surface area contributed by atoms with Gasteiger partial charge in [0, 0.05) is 30.5 Å². The minimum atomic E-state index is -0.289. The highest BCUT2D eigenvalue weighted by molar-refractivity contribution is 5.67. The van der Waals surface area contributed by atoms with Crippen molar-refractivity contribution in [3.05, 3.63) is 42.5 Å². The molecule has 1 saturated heterocycles. The molecule has 1 aliphatic heterocycles. The third-order valence-electron chi connectivity index (χ3n) is 4.82. The monoisotopic (exact) mass is 340 g/mol. The topological polar surface area (TPSA) is 58.4 Å². The first-order chi connectivity index (χ1) is 12.3. The molecule has 0 spiro atoms. The van der Waals surface area contributed by atoms with Crippen LogP contribution < -0.4 is 5.32 Å². The maximum Gasteiger partial charge on any atom is 0.203 e. The van der Waals surface area contributed by atoms with Gasteiger partial charge in [-0.2, -0.15) is 0 Å². The predicted octanol–water partition coefficient (Wildman–Crippen LogP) is 2.83. The van der Waals surface area contributed by atoms with Crippen molar-refractivity contribution in [1.29, 1.82) is 0 Å². The number of rotatable bonds is 5. The third kappa shape index (κ3) is 3.07. The van der Waals surface area contributed by atoms with Crippen LogP contribution in [0.25, 0.3) is 17.0 Å². The molecule has 1 aliphatic rings. The predicted molar refractivity (Wildman–Crippen MR) is 94.9 cm³/mol. The minimum Gasteiger partial charge on any atom is -0.365 e. The number of halogens is 1. The van der Waals surface area contributed by atoms with Crippen LogP contribution in [-0.2, 0) is 0 Å². The Labute approximate surface area is 145 Å². The number of hydrogen-bond acceptors (Lipinski definition) is 5. The Balaban J connectivity index is 1.61. The number of nitrogens with one attached hydrogen (secondary N) is 1. The second kappa shape index (κ2) is 6.76. The molecule has 130 valence electrons. The Hall–Kier alpha value is -2.54. The van der Waals surface area contributed by atoms with E-state index in [0.717, 1.165) is 19.6 Å². The van der Waals surface area contributed by atoms with E-state index in [2.05, 4.69) is 32.3 Å². The molecule has 1 fully saturated rings. The molecule has 3 aromatic rings. The average molecular weight is 340 g/mol. The number of fused-ring (bicyclic) bond motifs is 1. The first-order valence-corrected chi connectivity index (χ1v) is 8.70. The lowest BCUT2D eigenvalue weighted by Gasteiger charge is -2.23. The summed E-state index contributed by atoms with van der Waals surface area (Å²) in [5.74, 6) is 1.03. The fourth-order valence-electron chi connectivity index (χ4n) is 3.53. The average Bonchev–Trinajstić information content (AvgIpc) is 3.26. The molecule has 0 amide bonds. The number of likely N-dealkylation sites (tertiary alicyclic amines) is 1. The second-order valence-electron chi connectivity index (χ2n) is 6.31. The Kier molecular flexibility index (Phi) is 4.31. The van der Waals surface area contributed by atoms with Gasteiger partial charge in [-0.15, -0.1) is 10.2 Å². The summed E-state index contributed by atoms with van der Waals surface area (Å²) in [5.41, 5.74) is 1.35. The van der Waals surface area contributed by atoms with Crippen LogP contribution in [0.1, 0.15) is 19.8 Å². The van der Waals surface area contributed by atoms with Crippen molar-refractivity contribution < 1.29 is 4.39 Å². The molecule has 7 heteroatoms. The minimum absolute atomic E-state index is 0.289. The van der Waals surface area contributed by atoms with Crippen molar-refractivity contribution >= 4 is 11.5 Å². The Morgan fingerprint density at radius 2 is 2.24 bits per heavy atom. The molecule has 1 atom stereocenters. The first-order valence-electron chi connectivity index (χ1n) is 8.70. The summed E-state index contributed by atoms with van der Waals surface area (Å²) in [7, 11) is 0. The molecule has 0 aliphatic carbocycles. The quantitative estimate of drug-likeness (QED) is 0.774. The van der Waals surface area contributed by atoms with E-state index in [1.54, 1.807) is 18.5 Å². The van der Waals surface area contributed by atoms with Crippen LogP contribution in [0.3, 0.4) is 0 Å². The molecule has 1 N–H and O–H groups in total. The molecule has 0 bridgehead atoms. The van der Waals surface area contributed by atoms with Crippen LogP contribution in [0.5, 0.6) is 0 Å². The lowest BCUT2D eigenvalue weighted by atomic mass is 10.2. The van der Waals surface area contributed by atoms with Crippen molar-refractivity contribution in [3.63, 3.8) is 0 Å². The number of anilines is 1. The van der Waals surface area contributed by atoms with Crippen LogP contribution in [0.4, 0.5) is 10.2 Å². The summed E-state index contributed by atoms with van der Waals surface area (Å²) in [6.07, 6.45) is 5.96. The molecule has 6 nitrogen and oxygen atoms in total. The number of nitrogens with zero attached hydrogens (tertiary/aromatic N) is 5. The van der Waals surface area contributed by atoms with Gasteiger partial charge in [-0.25, -0.2) is 9.37 Å². The lowest BCUT2D eigenvalue weighted by molar-refractivity contribution is 0.277. The number of hydrogen-bond donors (Lipinski definition) is 1. The summed E-state index contributed by atoms with van der Waals surface area (Å²) in [4.78, 5) is 6.90. The highest BCUT2D eigenvalue weighted by Gasteiger charge is 2.23. The normalized spacial score (nSPS) is 18.1. The maximum atomic E-state index is 13.5. The van der Waals surface area contributed by atoms with Gasteiger partial charge >= 0.3 is 0 Å². The zero-order valence-corrected chi connectivity index (χ0v) is 14.2. The molecule has 3 heterocycles. The summed E-state index contributed by atoms with van der Waals surface area (Å²) < 4.78 is 15.4. The highest BCUT2D eigenvalue weighted by atomic mass is 19.1. The molecule has 4 rings (SSSR count). The molecule has 1 unspecified atom stereocenters. The summed E-state index contributed by atoms with van der Waals surface area (Å²) >= 11 is 0. The van der Waals surface area contributed by atoms with Crippen LogP contribution in [0.2, 0.25) is 0 Å². The fourth-order valence-corrected chi connectivity index (χ4v) is 3.53. The van der Waals surface area contributed by atoms with Crippen molar-refractivity contribution in [2.45, 2.75) is 25.8 Å². The summed E-state index contributed by atoms with van der Waals surface area (Å²) in [6, 6.07) is 6.90. The van der Waals surface area contributed by atoms with Gasteiger partial charge in [-0.05, 0) is 38.1 Å². The van der Waals surface area contributed by atoms with Crippen LogP contribution in [0, 0.1) is 5.82 Å². The standard InChI is InChI=1S/C18H21FN6/c1-2-24-9-4-7-15(24)12-21-16-18-23-22-17(25(18)10-8-20-16)13-5-3-6-14(19)11-13/h3,5-6,8,10-11,15H,2,4,7,9,12H2,1H3,(H,20,21). The molecule has 1 aromatic carbocycles. The molecular formula is C18H21FN6. The van der Waals surface area contributed by atoms with Crippen molar-refractivity contribution in [2.75, 3.05) is 25.0 Å². The zero-order chi connectivity index (χ0) is 17.2. The van der Waals surface area contributed by atoms with Crippen molar-refractivity contribution in [2.24, 2.45) is 0 Å². The van der Waals surface area contributed by atoms with Crippen molar-refractivity contribution in [3.8, 4) is 11.4 Å². The Morgan fingerprint density at radius 3 is 3.08 bits per heavy atom. The van der Waals surface area contributed by atoms with E-state index in [4.69, 9.17) is 0 Å². The number of likely N-dealkylation sites (N-methyl/N-ethyl adjacent to an activating group) is 1. The third-order valence-corrected chi connectivity index (χ3v) is 4.82. The van der Waals surface area contributed by atoms with Crippen LogP contribution in [-0.4, -0.2) is 50.2 Å². The SMILES string of the molecule is CCN1CCCC1CNc1nccn2c(-c3cccc(F)c3)nnc12. The van der Waals surface area contributed by atoms with Gasteiger partial charge in [0.15, 0.2) is 11.6 Å². The van der Waals surface area contributed by atoms with E-state index in [9.17, 15) is 4.39 Å². The zero-order valence-electron chi connectivity index (χ0n) is 14.2. The molecule has 0 saturated carbocycles. The van der Waals surface area contributed by atoms with E-state index in [0.29, 0.717) is 28.9 Å². The van der Waals surface area contributed by atoms with Crippen molar-refractivity contribution in [1.82, 2.24) is 24.5 Å². The van der Waals surface area contributed by atoms with E-state index in [-0.39, 0.29) is 5.82 Å². The van der Waals surface area contributed by atoms with Crippen LogP contribution >= 0.6 is 0 Å². The van der Waals surface area contributed by atoms with Crippen LogP contribution in [0.15, 0.2) is 36.7 Å². The van der Waals surface area contributed by atoms with Gasteiger partial charge in [-0.1, -0.05) is 19.1 Å². The highest BCUT2D eigenvalue weighted by Crippen LogP contribution is 2.22. The Bertz CT molecular complexity index is 877. The Morgan fingerprint density at radius 1 is 1.32 bits per heavy atom. The first kappa shape index (κ1) is 16.0. The van der Waals surface area contributed by atoms with E-state index in [1.165, 1.54) is 25.0 Å². The fraction of sp³-hybridized carbons (Fsp3) is 0.389. The second-order valence-corrected chi connectivity index (χ2v) is 6.31. The van der Waals surface area contributed by atoms with Gasteiger partial charge in [0.05, 0.1) is 0 Å². The summed E-state index contributed by atoms with van der Waals surface area (Å²) in [5, 5.41) is 11.9. The van der Waals surface area contributed by atoms with E-state index in [1.807, 2.05) is 10.5 Å². The molecular weight excluding hydrogens is 319 g/mol.